The molecule has 44 heavy (non-hydrogen) atoms. The molecule has 2 aliphatic heterocycles. The van der Waals surface area contributed by atoms with Crippen molar-refractivity contribution in [3.05, 3.63) is 60.3 Å². The van der Waals surface area contributed by atoms with E-state index in [2.05, 4.69) is 20.6 Å². The summed E-state index contributed by atoms with van der Waals surface area (Å²) in [5, 5.41) is 5.86. The zero-order valence-corrected chi connectivity index (χ0v) is 23.9. The van der Waals surface area contributed by atoms with E-state index >= 15 is 0 Å². The molecule has 3 aromatic rings. The molecule has 15 heteroatoms. The molecule has 10 nitrogen and oxygen atoms in total. The van der Waals surface area contributed by atoms with E-state index in [1.54, 1.807) is 36.4 Å². The van der Waals surface area contributed by atoms with Crippen molar-refractivity contribution in [2.75, 3.05) is 55.5 Å². The minimum Gasteiger partial charge on any atom is -0.495 e. The molecule has 234 valence electrons. The second kappa shape index (κ2) is 12.2. The average molecular weight is 620 g/mol. The summed E-state index contributed by atoms with van der Waals surface area (Å²) in [6.45, 7) is -1.46. The van der Waals surface area contributed by atoms with Gasteiger partial charge in [0.05, 0.1) is 32.1 Å². The van der Waals surface area contributed by atoms with Gasteiger partial charge in [-0.2, -0.15) is 26.9 Å². The molecule has 0 atom stereocenters. The van der Waals surface area contributed by atoms with Crippen molar-refractivity contribution in [3.8, 4) is 5.75 Å². The number of ether oxygens (including phenoxy) is 1. The Bertz CT molecular complexity index is 1510. The van der Waals surface area contributed by atoms with E-state index in [9.17, 15) is 31.5 Å². The molecule has 2 N–H and O–H groups in total. The van der Waals surface area contributed by atoms with Gasteiger partial charge in [-0.05, 0) is 43.2 Å². The minimum absolute atomic E-state index is 0.0249. The summed E-state index contributed by atoms with van der Waals surface area (Å²) in [6, 6.07) is 12.7. The molecule has 1 aromatic heterocycles. The van der Waals surface area contributed by atoms with Gasteiger partial charge in [-0.25, -0.2) is 4.98 Å². The Labute approximate surface area is 249 Å². The summed E-state index contributed by atoms with van der Waals surface area (Å²) >= 11 is 0. The fourth-order valence-electron chi connectivity index (χ4n) is 5.19. The first-order valence-electron chi connectivity index (χ1n) is 13.8. The van der Waals surface area contributed by atoms with Gasteiger partial charge in [-0.1, -0.05) is 18.2 Å². The highest BCUT2D eigenvalue weighted by Gasteiger charge is 2.47. The number of amides is 2. The van der Waals surface area contributed by atoms with Crippen LogP contribution >= 0.6 is 0 Å². The van der Waals surface area contributed by atoms with Gasteiger partial charge >= 0.3 is 12.1 Å². The summed E-state index contributed by atoms with van der Waals surface area (Å²) in [5.41, 5.74) is 1.13. The Morgan fingerprint density at radius 2 is 1.82 bits per heavy atom. The summed E-state index contributed by atoms with van der Waals surface area (Å²) in [7, 11) is 2.63. The molecule has 2 aliphatic rings. The number of para-hydroxylation sites is 1. The lowest BCUT2D eigenvalue weighted by Crippen LogP contribution is -2.47. The molecular weight excluding hydrogens is 589 g/mol. The van der Waals surface area contributed by atoms with Crippen LogP contribution < -0.4 is 25.2 Å². The van der Waals surface area contributed by atoms with Gasteiger partial charge in [0.2, 0.25) is 5.95 Å². The highest BCUT2D eigenvalue weighted by atomic mass is 19.4. The largest absolute Gasteiger partial charge is 0.495 e. The van der Waals surface area contributed by atoms with Crippen molar-refractivity contribution in [1.82, 2.24) is 20.2 Å². The van der Waals surface area contributed by atoms with Crippen molar-refractivity contribution < 1.29 is 36.3 Å². The fraction of sp³-hybridized carbons (Fsp3) is 0.379. The molecule has 2 amide bonds. The zero-order valence-electron chi connectivity index (χ0n) is 23.9. The Morgan fingerprint density at radius 1 is 1.11 bits per heavy atom. The number of anilines is 5. The summed E-state index contributed by atoms with van der Waals surface area (Å²) in [6.07, 6.45) is -2.21. The number of benzene rings is 2. The third-order valence-corrected chi connectivity index (χ3v) is 7.45. The van der Waals surface area contributed by atoms with Gasteiger partial charge < -0.3 is 25.2 Å². The third-order valence-electron chi connectivity index (χ3n) is 7.45. The second-order valence-electron chi connectivity index (χ2n) is 10.6. The second-order valence-corrected chi connectivity index (χ2v) is 10.6. The first-order chi connectivity index (χ1) is 20.8. The normalized spacial score (nSPS) is 17.6. The van der Waals surface area contributed by atoms with Gasteiger partial charge in [0.1, 0.15) is 11.4 Å². The standard InChI is InChI=1S/C29H30F5N7O3/c1-39-22-15-35-27(38-24(22)41(16-28(30,31)26(39)43)20-6-4-3-5-7-20)37-21-9-8-18(14-23(21)44-2)25(42)36-19-10-12-40(13-11-19)17-29(32,33)34/h3-9,14-15,19H,10-13,16-17H2,1-2H3,(H,36,42)(H,35,37,38). The predicted molar refractivity (Wildman–Crippen MR) is 153 cm³/mol. The van der Waals surface area contributed by atoms with Crippen LogP contribution in [0.3, 0.4) is 0 Å². The number of carbonyl (C=O) groups is 2. The van der Waals surface area contributed by atoms with Crippen LogP contribution in [-0.2, 0) is 4.79 Å². The van der Waals surface area contributed by atoms with Crippen molar-refractivity contribution in [2.24, 2.45) is 0 Å². The lowest BCUT2D eigenvalue weighted by atomic mass is 10.0. The Hall–Kier alpha value is -4.53. The number of fused-ring (bicyclic) bond motifs is 1. The van der Waals surface area contributed by atoms with Crippen molar-refractivity contribution in [2.45, 2.75) is 31.0 Å². The smallest absolute Gasteiger partial charge is 0.401 e. The number of likely N-dealkylation sites (tertiary alicyclic amines) is 1. The molecule has 1 saturated heterocycles. The van der Waals surface area contributed by atoms with E-state index in [0.717, 1.165) is 4.90 Å². The number of aromatic nitrogens is 2. The number of piperidine rings is 1. The Morgan fingerprint density at radius 3 is 2.48 bits per heavy atom. The number of methoxy groups -OCH3 is 1. The zero-order chi connectivity index (χ0) is 31.6. The van der Waals surface area contributed by atoms with E-state index < -0.39 is 37.0 Å². The van der Waals surface area contributed by atoms with Gasteiger partial charge in [-0.3, -0.25) is 14.5 Å². The molecule has 0 saturated carbocycles. The van der Waals surface area contributed by atoms with Crippen molar-refractivity contribution in [3.63, 3.8) is 0 Å². The summed E-state index contributed by atoms with van der Waals surface area (Å²) in [4.78, 5) is 37.6. The number of hydrogen-bond donors (Lipinski definition) is 2. The van der Waals surface area contributed by atoms with Gasteiger partial charge in [0.25, 0.3) is 11.8 Å². The van der Waals surface area contributed by atoms with Crippen LogP contribution in [-0.4, -0.2) is 85.2 Å². The molecule has 2 aromatic carbocycles. The Kier molecular flexibility index (Phi) is 8.59. The first kappa shape index (κ1) is 30.9. The molecule has 0 unspecified atom stereocenters. The maximum absolute atomic E-state index is 14.9. The van der Waals surface area contributed by atoms with Crippen LogP contribution in [0, 0.1) is 0 Å². The van der Waals surface area contributed by atoms with Crippen LogP contribution in [0.25, 0.3) is 0 Å². The number of rotatable bonds is 7. The van der Waals surface area contributed by atoms with E-state index in [1.165, 1.54) is 42.3 Å². The van der Waals surface area contributed by atoms with Crippen LogP contribution in [0.4, 0.5) is 50.8 Å². The van der Waals surface area contributed by atoms with Crippen LogP contribution in [0.15, 0.2) is 54.7 Å². The van der Waals surface area contributed by atoms with E-state index in [-0.39, 0.29) is 47.9 Å². The van der Waals surface area contributed by atoms with Crippen LogP contribution in [0.2, 0.25) is 0 Å². The molecule has 0 spiro atoms. The van der Waals surface area contributed by atoms with Crippen LogP contribution in [0.1, 0.15) is 23.2 Å². The molecule has 0 aliphatic carbocycles. The van der Waals surface area contributed by atoms with E-state index in [1.807, 2.05) is 0 Å². The quantitative estimate of drug-likeness (QED) is 0.366. The van der Waals surface area contributed by atoms with Crippen molar-refractivity contribution in [1.29, 1.82) is 0 Å². The molecule has 3 heterocycles. The topological polar surface area (TPSA) is 103 Å². The first-order valence-corrected chi connectivity index (χ1v) is 13.8. The number of hydrogen-bond acceptors (Lipinski definition) is 8. The number of alkyl halides is 5. The third kappa shape index (κ3) is 6.82. The lowest BCUT2D eigenvalue weighted by Gasteiger charge is -2.32. The number of nitrogens with zero attached hydrogens (tertiary/aromatic N) is 5. The average Bonchev–Trinajstić information content (AvgIpc) is 3.06. The van der Waals surface area contributed by atoms with E-state index in [0.29, 0.717) is 24.2 Å². The Balaban J connectivity index is 1.34. The number of halogens is 5. The highest BCUT2D eigenvalue weighted by molar-refractivity contribution is 6.02. The molecule has 1 fully saturated rings. The van der Waals surface area contributed by atoms with Gasteiger partial charge in [0.15, 0.2) is 5.82 Å². The van der Waals surface area contributed by atoms with Gasteiger partial charge in [-0.15, -0.1) is 0 Å². The summed E-state index contributed by atoms with van der Waals surface area (Å²) < 4.78 is 73.3. The summed E-state index contributed by atoms with van der Waals surface area (Å²) in [5.74, 6) is -5.12. The molecule has 0 radical (unpaired) electrons. The molecule has 0 bridgehead atoms. The van der Waals surface area contributed by atoms with E-state index in [4.69, 9.17) is 4.74 Å². The van der Waals surface area contributed by atoms with Gasteiger partial charge in [0, 0.05) is 37.4 Å². The molecular formula is C29H30F5N7O3. The predicted octanol–water partition coefficient (Wildman–Crippen LogP) is 4.74. The number of carbonyl (C=O) groups excluding carboxylic acids is 2. The minimum atomic E-state index is -4.27. The lowest BCUT2D eigenvalue weighted by molar-refractivity contribution is -0.148. The maximum Gasteiger partial charge on any atom is 0.401 e. The monoisotopic (exact) mass is 619 g/mol. The number of nitrogens with one attached hydrogen (secondary N) is 2. The maximum atomic E-state index is 14.9. The SMILES string of the molecule is COc1cc(C(=O)NC2CCN(CC(F)(F)F)CC2)ccc1Nc1ncc2c(n1)N(c1ccccc1)CC(F)(F)C(=O)N2C. The molecule has 5 rings (SSSR count). The van der Waals surface area contributed by atoms with Crippen molar-refractivity contribution >= 4 is 40.6 Å². The highest BCUT2D eigenvalue weighted by Crippen LogP contribution is 2.40. The fourth-order valence-corrected chi connectivity index (χ4v) is 5.19. The van der Waals surface area contributed by atoms with Crippen LogP contribution in [0.5, 0.6) is 5.75 Å².